The third kappa shape index (κ3) is 2.87. The zero-order valence-electron chi connectivity index (χ0n) is 11.8. The van der Waals surface area contributed by atoms with E-state index in [0.717, 1.165) is 23.1 Å². The van der Waals surface area contributed by atoms with E-state index in [2.05, 4.69) is 5.32 Å². The molecule has 20 heavy (non-hydrogen) atoms. The number of carbonyl (C=O) groups is 1. The highest BCUT2D eigenvalue weighted by molar-refractivity contribution is 5.91. The molecule has 2 fully saturated rings. The van der Waals surface area contributed by atoms with E-state index in [1.165, 1.54) is 25.7 Å². The normalized spacial score (nSPS) is 27.9. The molecule has 0 heterocycles. The van der Waals surface area contributed by atoms with Crippen LogP contribution in [0.5, 0.6) is 5.75 Å². The van der Waals surface area contributed by atoms with Gasteiger partial charge in [0.15, 0.2) is 0 Å². The number of methoxy groups -OCH3 is 1. The number of carbonyl (C=O) groups excluding carboxylic acids is 1. The highest BCUT2D eigenvalue weighted by Crippen LogP contribution is 2.44. The summed E-state index contributed by atoms with van der Waals surface area (Å²) in [5.74, 6) is 2.43. The Morgan fingerprint density at radius 2 is 2.05 bits per heavy atom. The summed E-state index contributed by atoms with van der Waals surface area (Å²) >= 11 is 0. The minimum atomic E-state index is 0.0263. The third-order valence-electron chi connectivity index (χ3n) is 4.61. The maximum atomic E-state index is 11.9. The summed E-state index contributed by atoms with van der Waals surface area (Å²) in [6.45, 7) is 0. The molecule has 2 bridgehead atoms. The molecule has 1 aromatic rings. The van der Waals surface area contributed by atoms with E-state index in [1.54, 1.807) is 13.2 Å². The number of hydrogen-bond donors (Lipinski definition) is 1. The van der Waals surface area contributed by atoms with Gasteiger partial charge in [-0.1, -0.05) is 18.6 Å². The second kappa shape index (κ2) is 5.70. The number of ether oxygens (including phenoxy) is 1. The van der Waals surface area contributed by atoms with Crippen molar-refractivity contribution < 1.29 is 9.53 Å². The second-order valence-corrected chi connectivity index (χ2v) is 5.90. The van der Waals surface area contributed by atoms with Crippen LogP contribution in [0.25, 0.3) is 6.08 Å². The molecule has 1 N–H and O–H groups in total. The summed E-state index contributed by atoms with van der Waals surface area (Å²) < 4.78 is 5.11. The van der Waals surface area contributed by atoms with Crippen LogP contribution in [0.15, 0.2) is 30.3 Å². The molecule has 2 aliphatic rings. The first-order chi connectivity index (χ1) is 9.74. The van der Waals surface area contributed by atoms with Crippen LogP contribution >= 0.6 is 0 Å². The lowest BCUT2D eigenvalue weighted by Crippen LogP contribution is -2.37. The van der Waals surface area contributed by atoms with Gasteiger partial charge in [0.05, 0.1) is 7.11 Å². The second-order valence-electron chi connectivity index (χ2n) is 5.90. The van der Waals surface area contributed by atoms with Gasteiger partial charge < -0.3 is 10.1 Å². The smallest absolute Gasteiger partial charge is 0.244 e. The number of fused-ring (bicyclic) bond motifs is 2. The van der Waals surface area contributed by atoms with Gasteiger partial charge in [-0.05, 0) is 54.9 Å². The maximum absolute atomic E-state index is 11.9. The fourth-order valence-corrected chi connectivity index (χ4v) is 3.54. The lowest BCUT2D eigenvalue weighted by Gasteiger charge is -2.22. The average molecular weight is 271 g/mol. The van der Waals surface area contributed by atoms with E-state index in [0.29, 0.717) is 6.04 Å². The van der Waals surface area contributed by atoms with Crippen molar-refractivity contribution in [3.63, 3.8) is 0 Å². The lowest BCUT2D eigenvalue weighted by atomic mass is 9.95. The van der Waals surface area contributed by atoms with Crippen LogP contribution in [0.2, 0.25) is 0 Å². The van der Waals surface area contributed by atoms with Crippen molar-refractivity contribution in [2.24, 2.45) is 11.8 Å². The Labute approximate surface area is 120 Å². The molecular weight excluding hydrogens is 250 g/mol. The number of benzene rings is 1. The number of hydrogen-bond acceptors (Lipinski definition) is 2. The van der Waals surface area contributed by atoms with Crippen molar-refractivity contribution in [1.29, 1.82) is 0 Å². The predicted molar refractivity (Wildman–Crippen MR) is 79.4 cm³/mol. The largest absolute Gasteiger partial charge is 0.497 e. The number of rotatable bonds is 4. The van der Waals surface area contributed by atoms with Crippen LogP contribution < -0.4 is 10.1 Å². The van der Waals surface area contributed by atoms with Crippen LogP contribution in [0.4, 0.5) is 0 Å². The van der Waals surface area contributed by atoms with Crippen LogP contribution in [0.1, 0.15) is 31.2 Å². The van der Waals surface area contributed by atoms with Gasteiger partial charge in [-0.3, -0.25) is 4.79 Å². The fourth-order valence-electron chi connectivity index (χ4n) is 3.54. The Balaban J connectivity index is 1.54. The van der Waals surface area contributed by atoms with Crippen molar-refractivity contribution in [1.82, 2.24) is 5.32 Å². The Morgan fingerprint density at radius 3 is 2.65 bits per heavy atom. The minimum absolute atomic E-state index is 0.0263. The van der Waals surface area contributed by atoms with E-state index in [9.17, 15) is 4.79 Å². The van der Waals surface area contributed by atoms with Crippen LogP contribution in [-0.4, -0.2) is 19.1 Å². The summed E-state index contributed by atoms with van der Waals surface area (Å²) in [5, 5.41) is 3.15. The van der Waals surface area contributed by atoms with Gasteiger partial charge in [-0.2, -0.15) is 0 Å². The summed E-state index contributed by atoms with van der Waals surface area (Å²) in [6.07, 6.45) is 8.62. The van der Waals surface area contributed by atoms with Gasteiger partial charge in [0.1, 0.15) is 5.75 Å². The van der Waals surface area contributed by atoms with Crippen molar-refractivity contribution in [3.8, 4) is 5.75 Å². The summed E-state index contributed by atoms with van der Waals surface area (Å²) in [6, 6.07) is 8.09. The van der Waals surface area contributed by atoms with E-state index < -0.39 is 0 Å². The van der Waals surface area contributed by atoms with Gasteiger partial charge >= 0.3 is 0 Å². The highest BCUT2D eigenvalue weighted by Gasteiger charge is 2.39. The molecule has 3 atom stereocenters. The van der Waals surface area contributed by atoms with Crippen LogP contribution in [0.3, 0.4) is 0 Å². The van der Waals surface area contributed by atoms with Crippen molar-refractivity contribution in [3.05, 3.63) is 35.9 Å². The Bertz CT molecular complexity index is 506. The van der Waals surface area contributed by atoms with Crippen LogP contribution in [-0.2, 0) is 4.79 Å². The lowest BCUT2D eigenvalue weighted by molar-refractivity contribution is -0.117. The topological polar surface area (TPSA) is 38.3 Å². The molecule has 106 valence electrons. The molecule has 1 aromatic carbocycles. The average Bonchev–Trinajstić information content (AvgIpc) is 3.08. The maximum Gasteiger partial charge on any atom is 0.244 e. The number of nitrogens with one attached hydrogen (secondary N) is 1. The molecular formula is C17H21NO2. The monoisotopic (exact) mass is 271 g/mol. The molecule has 0 saturated heterocycles. The predicted octanol–water partition coefficient (Wildman–Crippen LogP) is 3.01. The van der Waals surface area contributed by atoms with E-state index in [1.807, 2.05) is 30.3 Å². The van der Waals surface area contributed by atoms with Crippen molar-refractivity contribution in [2.45, 2.75) is 31.7 Å². The van der Waals surface area contributed by atoms with Gasteiger partial charge in [-0.25, -0.2) is 0 Å². The quantitative estimate of drug-likeness (QED) is 0.855. The van der Waals surface area contributed by atoms with E-state index in [4.69, 9.17) is 4.74 Å². The zero-order chi connectivity index (χ0) is 13.9. The van der Waals surface area contributed by atoms with Gasteiger partial charge in [-0.15, -0.1) is 0 Å². The summed E-state index contributed by atoms with van der Waals surface area (Å²) in [5.41, 5.74) is 1.01. The number of amides is 1. The van der Waals surface area contributed by atoms with Gasteiger partial charge in [0.2, 0.25) is 5.91 Å². The molecule has 1 amide bonds. The summed E-state index contributed by atoms with van der Waals surface area (Å²) in [7, 11) is 1.65. The van der Waals surface area contributed by atoms with Gasteiger partial charge in [0, 0.05) is 12.1 Å². The Kier molecular flexibility index (Phi) is 3.77. The highest BCUT2D eigenvalue weighted by atomic mass is 16.5. The SMILES string of the molecule is COc1ccc(/C=C/C(=O)NC2CC3CCC2C3)cc1. The summed E-state index contributed by atoms with van der Waals surface area (Å²) in [4.78, 5) is 11.9. The molecule has 0 aliphatic heterocycles. The van der Waals surface area contributed by atoms with Crippen molar-refractivity contribution in [2.75, 3.05) is 7.11 Å². The molecule has 2 aliphatic carbocycles. The van der Waals surface area contributed by atoms with E-state index >= 15 is 0 Å². The van der Waals surface area contributed by atoms with Crippen LogP contribution in [0, 0.1) is 11.8 Å². The first-order valence-corrected chi connectivity index (χ1v) is 7.37. The molecule has 2 saturated carbocycles. The molecule has 3 rings (SSSR count). The molecule has 3 unspecified atom stereocenters. The third-order valence-corrected chi connectivity index (χ3v) is 4.61. The standard InChI is InChI=1S/C17H21NO2/c1-20-15-7-3-12(4-8-15)5-9-17(19)18-16-11-13-2-6-14(16)10-13/h3-5,7-9,13-14,16H,2,6,10-11H2,1H3,(H,18,19)/b9-5+. The molecule has 0 aromatic heterocycles. The molecule has 0 spiro atoms. The fraction of sp³-hybridized carbons (Fsp3) is 0.471. The first-order valence-electron chi connectivity index (χ1n) is 7.37. The van der Waals surface area contributed by atoms with Crippen molar-refractivity contribution >= 4 is 12.0 Å². The Morgan fingerprint density at radius 1 is 1.25 bits per heavy atom. The minimum Gasteiger partial charge on any atom is -0.497 e. The zero-order valence-corrected chi connectivity index (χ0v) is 11.8. The first kappa shape index (κ1) is 13.2. The van der Waals surface area contributed by atoms with E-state index in [-0.39, 0.29) is 5.91 Å². The van der Waals surface area contributed by atoms with Gasteiger partial charge in [0.25, 0.3) is 0 Å². The molecule has 3 heteroatoms. The molecule has 0 radical (unpaired) electrons. The molecule has 3 nitrogen and oxygen atoms in total. The Hall–Kier alpha value is -1.77.